The van der Waals surface area contributed by atoms with Crippen molar-refractivity contribution in [1.29, 1.82) is 0 Å². The van der Waals surface area contributed by atoms with Gasteiger partial charge in [-0.15, -0.1) is 11.3 Å². The van der Waals surface area contributed by atoms with E-state index in [1.165, 1.54) is 16.6 Å². The Morgan fingerprint density at radius 3 is 2.70 bits per heavy atom. The number of nitrogens with zero attached hydrogens (tertiary/aromatic N) is 2. The number of thiophene rings is 1. The molecule has 0 atom stereocenters. The van der Waals surface area contributed by atoms with Gasteiger partial charge in [-0.25, -0.2) is 4.98 Å². The van der Waals surface area contributed by atoms with Gasteiger partial charge in [0, 0.05) is 4.88 Å². The molecule has 0 saturated carbocycles. The molecule has 8 heteroatoms. The molecule has 0 saturated heterocycles. The molecule has 0 aliphatic heterocycles. The number of nitrogens with one attached hydrogen (secondary N) is 1. The van der Waals surface area contributed by atoms with Gasteiger partial charge in [-0.05, 0) is 55.7 Å². The Morgan fingerprint density at radius 1 is 1.18 bits per heavy atom. The lowest BCUT2D eigenvalue weighted by Crippen LogP contribution is -2.23. The minimum Gasteiger partial charge on any atom is -0.324 e. The Balaban J connectivity index is 1.74. The zero-order chi connectivity index (χ0) is 23.5. The number of carbonyl (C=O) groups excluding carboxylic acids is 1. The first-order valence-electron chi connectivity index (χ1n) is 10.7. The molecule has 5 nitrogen and oxygen atoms in total. The predicted molar refractivity (Wildman–Crippen MR) is 139 cm³/mol. The number of hydrogen-bond acceptors (Lipinski definition) is 5. The van der Waals surface area contributed by atoms with Gasteiger partial charge >= 0.3 is 0 Å². The molecule has 33 heavy (non-hydrogen) atoms. The van der Waals surface area contributed by atoms with Gasteiger partial charge in [0.1, 0.15) is 4.83 Å². The SMILES string of the molecule is CCCc1sc2nc(SCC(=O)Nc3ccccc3Cl)n(-c3cccc(C)c3)c(=O)c2c1C. The number of para-hydroxylation sites is 1. The molecular formula is C25H24ClN3O2S2. The molecule has 0 bridgehead atoms. The summed E-state index contributed by atoms with van der Waals surface area (Å²) in [5.41, 5.74) is 3.24. The predicted octanol–water partition coefficient (Wildman–Crippen LogP) is 6.40. The second kappa shape index (κ2) is 10.1. The first kappa shape index (κ1) is 23.5. The first-order valence-corrected chi connectivity index (χ1v) is 12.9. The van der Waals surface area contributed by atoms with E-state index in [0.717, 1.165) is 34.5 Å². The van der Waals surface area contributed by atoms with Crippen molar-refractivity contribution in [1.82, 2.24) is 9.55 Å². The van der Waals surface area contributed by atoms with Crippen LogP contribution in [0.25, 0.3) is 15.9 Å². The summed E-state index contributed by atoms with van der Waals surface area (Å²) in [6.07, 6.45) is 1.92. The maximum absolute atomic E-state index is 13.7. The number of carbonyl (C=O) groups is 1. The van der Waals surface area contributed by atoms with Crippen molar-refractivity contribution in [3.63, 3.8) is 0 Å². The van der Waals surface area contributed by atoms with Crippen LogP contribution in [0.2, 0.25) is 5.02 Å². The summed E-state index contributed by atoms with van der Waals surface area (Å²) in [4.78, 5) is 33.1. The zero-order valence-electron chi connectivity index (χ0n) is 18.6. The number of amides is 1. The van der Waals surface area contributed by atoms with Crippen molar-refractivity contribution < 1.29 is 4.79 Å². The van der Waals surface area contributed by atoms with E-state index in [2.05, 4.69) is 12.2 Å². The molecule has 0 spiro atoms. The van der Waals surface area contributed by atoms with Crippen LogP contribution in [0.1, 0.15) is 29.3 Å². The highest BCUT2D eigenvalue weighted by atomic mass is 35.5. The number of hydrogen-bond donors (Lipinski definition) is 1. The molecular weight excluding hydrogens is 474 g/mol. The monoisotopic (exact) mass is 497 g/mol. The Bertz CT molecular complexity index is 1390. The van der Waals surface area contributed by atoms with Gasteiger partial charge in [0.2, 0.25) is 5.91 Å². The minimum absolute atomic E-state index is 0.0984. The standard InChI is InChI=1S/C25H24ClN3O2S2/c1-4-8-20-16(3)22-23(33-20)28-25(29(24(22)31)17-10-7-9-15(2)13-17)32-14-21(30)27-19-12-6-5-11-18(19)26/h5-7,9-13H,4,8,14H2,1-3H3,(H,27,30). The fraction of sp³-hybridized carbons (Fsp3) is 0.240. The van der Waals surface area contributed by atoms with Crippen molar-refractivity contribution in [3.8, 4) is 5.69 Å². The lowest BCUT2D eigenvalue weighted by molar-refractivity contribution is -0.113. The summed E-state index contributed by atoms with van der Waals surface area (Å²) >= 11 is 8.97. The van der Waals surface area contributed by atoms with Crippen LogP contribution in [0.5, 0.6) is 0 Å². The van der Waals surface area contributed by atoms with Crippen molar-refractivity contribution in [3.05, 3.63) is 79.9 Å². The van der Waals surface area contributed by atoms with Gasteiger partial charge in [-0.2, -0.15) is 0 Å². The summed E-state index contributed by atoms with van der Waals surface area (Å²) in [6, 6.07) is 14.9. The molecule has 170 valence electrons. The van der Waals surface area contributed by atoms with E-state index in [9.17, 15) is 9.59 Å². The topological polar surface area (TPSA) is 64.0 Å². The van der Waals surface area contributed by atoms with Crippen LogP contribution in [0, 0.1) is 13.8 Å². The Kier molecular flexibility index (Phi) is 7.22. The van der Waals surface area contributed by atoms with Crippen LogP contribution in [0.15, 0.2) is 58.5 Å². The molecule has 1 amide bonds. The number of thioether (sulfide) groups is 1. The number of aromatic nitrogens is 2. The zero-order valence-corrected chi connectivity index (χ0v) is 21.0. The summed E-state index contributed by atoms with van der Waals surface area (Å²) in [5.74, 6) is -0.117. The van der Waals surface area contributed by atoms with Crippen LogP contribution in [0.4, 0.5) is 5.69 Å². The molecule has 0 aliphatic rings. The third kappa shape index (κ3) is 5.00. The van der Waals surface area contributed by atoms with Crippen LogP contribution >= 0.6 is 34.7 Å². The first-order chi connectivity index (χ1) is 15.9. The van der Waals surface area contributed by atoms with Gasteiger partial charge in [0.25, 0.3) is 5.56 Å². The van der Waals surface area contributed by atoms with Gasteiger partial charge < -0.3 is 5.32 Å². The minimum atomic E-state index is -0.215. The molecule has 2 aromatic heterocycles. The second-order valence-electron chi connectivity index (χ2n) is 7.77. The van der Waals surface area contributed by atoms with Crippen LogP contribution in [-0.4, -0.2) is 21.2 Å². The molecule has 4 aromatic rings. The molecule has 2 aromatic carbocycles. The summed E-state index contributed by atoms with van der Waals surface area (Å²) < 4.78 is 1.62. The van der Waals surface area contributed by atoms with Gasteiger partial charge in [-0.1, -0.05) is 61.0 Å². The summed E-state index contributed by atoms with van der Waals surface area (Å²) in [7, 11) is 0. The largest absolute Gasteiger partial charge is 0.324 e. The van der Waals surface area contributed by atoms with E-state index in [0.29, 0.717) is 21.3 Å². The van der Waals surface area contributed by atoms with E-state index < -0.39 is 0 Å². The molecule has 4 rings (SSSR count). The lowest BCUT2D eigenvalue weighted by Gasteiger charge is -2.13. The maximum atomic E-state index is 13.7. The fourth-order valence-electron chi connectivity index (χ4n) is 3.65. The summed E-state index contributed by atoms with van der Waals surface area (Å²) in [5, 5.41) is 4.46. The Morgan fingerprint density at radius 2 is 1.97 bits per heavy atom. The highest BCUT2D eigenvalue weighted by Crippen LogP contribution is 2.31. The maximum Gasteiger partial charge on any atom is 0.267 e. The van der Waals surface area contributed by atoms with Gasteiger partial charge in [-0.3, -0.25) is 14.2 Å². The number of halogens is 1. The van der Waals surface area contributed by atoms with E-state index in [4.69, 9.17) is 16.6 Å². The average Bonchev–Trinajstić information content (AvgIpc) is 3.09. The third-order valence-electron chi connectivity index (χ3n) is 5.25. The number of aryl methyl sites for hydroxylation is 3. The van der Waals surface area contributed by atoms with Crippen LogP contribution < -0.4 is 10.9 Å². The van der Waals surface area contributed by atoms with E-state index in [-0.39, 0.29) is 17.2 Å². The number of fused-ring (bicyclic) bond motifs is 1. The second-order valence-corrected chi connectivity index (χ2v) is 10.2. The molecule has 0 aliphatic carbocycles. The molecule has 0 fully saturated rings. The normalized spacial score (nSPS) is 11.2. The van der Waals surface area contributed by atoms with E-state index >= 15 is 0 Å². The van der Waals surface area contributed by atoms with Crippen molar-refractivity contribution >= 4 is 56.5 Å². The van der Waals surface area contributed by atoms with Crippen molar-refractivity contribution in [2.24, 2.45) is 0 Å². The highest BCUT2D eigenvalue weighted by molar-refractivity contribution is 7.99. The molecule has 0 unspecified atom stereocenters. The van der Waals surface area contributed by atoms with E-state index in [1.807, 2.05) is 50.2 Å². The van der Waals surface area contributed by atoms with Crippen molar-refractivity contribution in [2.75, 3.05) is 11.1 Å². The molecule has 0 radical (unpaired) electrons. The quantitative estimate of drug-likeness (QED) is 0.237. The number of rotatable bonds is 7. The molecule has 2 heterocycles. The molecule has 1 N–H and O–H groups in total. The van der Waals surface area contributed by atoms with Gasteiger partial charge in [0.05, 0.1) is 27.5 Å². The van der Waals surface area contributed by atoms with Crippen LogP contribution in [0.3, 0.4) is 0 Å². The fourth-order valence-corrected chi connectivity index (χ4v) is 5.96. The lowest BCUT2D eigenvalue weighted by atomic mass is 10.1. The third-order valence-corrected chi connectivity index (χ3v) is 7.76. The Labute approximate surface area is 205 Å². The van der Waals surface area contributed by atoms with Gasteiger partial charge in [0.15, 0.2) is 5.16 Å². The number of benzene rings is 2. The van der Waals surface area contributed by atoms with E-state index in [1.54, 1.807) is 28.0 Å². The average molecular weight is 498 g/mol. The van der Waals surface area contributed by atoms with Crippen LogP contribution in [-0.2, 0) is 11.2 Å². The highest BCUT2D eigenvalue weighted by Gasteiger charge is 2.20. The number of anilines is 1. The Hall–Kier alpha value is -2.61. The summed E-state index contributed by atoms with van der Waals surface area (Å²) in [6.45, 7) is 6.11. The smallest absolute Gasteiger partial charge is 0.267 e. The van der Waals surface area contributed by atoms with Crippen molar-refractivity contribution in [2.45, 2.75) is 38.8 Å².